The number of nitrogens with one attached hydrogen (secondary N) is 6. The minimum Gasteiger partial charge on any atom is -0.315 e. The molecule has 18 heavy (non-hydrogen) atoms. The molecule has 0 aliphatic carbocycles. The van der Waals surface area contributed by atoms with E-state index in [1.165, 1.54) is 6.42 Å². The standard InChI is InChI=1S/C12H30N6/c1-2-13-4-5-14-6-7-15-8-9-16-10-11-18-12-17-3-1/h13-18H,1-12H2. The van der Waals surface area contributed by atoms with Crippen molar-refractivity contribution in [1.82, 2.24) is 31.9 Å². The topological polar surface area (TPSA) is 72.2 Å². The molecule has 108 valence electrons. The van der Waals surface area contributed by atoms with Crippen molar-refractivity contribution in [3.8, 4) is 0 Å². The largest absolute Gasteiger partial charge is 0.315 e. The molecule has 0 aromatic heterocycles. The van der Waals surface area contributed by atoms with Crippen molar-refractivity contribution >= 4 is 0 Å². The summed E-state index contributed by atoms with van der Waals surface area (Å²) in [7, 11) is 0. The first kappa shape index (κ1) is 15.8. The molecule has 6 heteroatoms. The van der Waals surface area contributed by atoms with Crippen LogP contribution in [0.4, 0.5) is 0 Å². The predicted octanol–water partition coefficient (Wildman–Crippen LogP) is -2.11. The lowest BCUT2D eigenvalue weighted by Gasteiger charge is -2.11. The summed E-state index contributed by atoms with van der Waals surface area (Å²) >= 11 is 0. The van der Waals surface area contributed by atoms with Gasteiger partial charge in [-0.05, 0) is 19.5 Å². The van der Waals surface area contributed by atoms with Crippen LogP contribution in [-0.2, 0) is 0 Å². The number of hydrogen-bond acceptors (Lipinski definition) is 6. The minimum atomic E-state index is 0.904. The highest BCUT2D eigenvalue weighted by molar-refractivity contribution is 4.59. The molecular weight excluding hydrogens is 228 g/mol. The van der Waals surface area contributed by atoms with E-state index in [4.69, 9.17) is 0 Å². The third-order valence-corrected chi connectivity index (χ3v) is 2.87. The zero-order chi connectivity index (χ0) is 12.7. The Balaban J connectivity index is 2.00. The summed E-state index contributed by atoms with van der Waals surface area (Å²) in [4.78, 5) is 0. The van der Waals surface area contributed by atoms with Crippen LogP contribution >= 0.6 is 0 Å². The molecule has 0 aromatic rings. The van der Waals surface area contributed by atoms with Gasteiger partial charge in [-0.3, -0.25) is 0 Å². The number of rotatable bonds is 0. The Bertz CT molecular complexity index is 91.6. The molecule has 0 amide bonds. The second kappa shape index (κ2) is 13.2. The van der Waals surface area contributed by atoms with Gasteiger partial charge in [-0.2, -0.15) is 0 Å². The van der Waals surface area contributed by atoms with E-state index < -0.39 is 0 Å². The van der Waals surface area contributed by atoms with Crippen LogP contribution in [0.3, 0.4) is 0 Å². The molecule has 1 aliphatic heterocycles. The number of hydrogen-bond donors (Lipinski definition) is 6. The van der Waals surface area contributed by atoms with Crippen LogP contribution in [0.2, 0.25) is 0 Å². The van der Waals surface area contributed by atoms with Gasteiger partial charge in [-0.1, -0.05) is 0 Å². The first-order chi connectivity index (χ1) is 9.00. The Morgan fingerprint density at radius 2 is 0.667 bits per heavy atom. The van der Waals surface area contributed by atoms with Gasteiger partial charge in [0.1, 0.15) is 0 Å². The fourth-order valence-electron chi connectivity index (χ4n) is 1.81. The second-order valence-electron chi connectivity index (χ2n) is 4.53. The second-order valence-corrected chi connectivity index (χ2v) is 4.53. The Morgan fingerprint density at radius 3 is 1.22 bits per heavy atom. The summed E-state index contributed by atoms with van der Waals surface area (Å²) < 4.78 is 0. The highest BCUT2D eigenvalue weighted by Gasteiger charge is 1.92. The molecule has 1 rings (SSSR count). The van der Waals surface area contributed by atoms with Crippen molar-refractivity contribution in [2.45, 2.75) is 6.42 Å². The van der Waals surface area contributed by atoms with E-state index in [0.717, 1.165) is 72.1 Å². The van der Waals surface area contributed by atoms with Crippen molar-refractivity contribution in [2.75, 3.05) is 72.1 Å². The van der Waals surface area contributed by atoms with Crippen LogP contribution in [0.25, 0.3) is 0 Å². The van der Waals surface area contributed by atoms with Gasteiger partial charge >= 0.3 is 0 Å². The van der Waals surface area contributed by atoms with Crippen LogP contribution in [0.15, 0.2) is 0 Å². The summed E-state index contributed by atoms with van der Waals surface area (Å²) in [6.07, 6.45) is 1.18. The third-order valence-electron chi connectivity index (χ3n) is 2.87. The molecule has 0 aromatic carbocycles. The van der Waals surface area contributed by atoms with Gasteiger partial charge in [0.15, 0.2) is 0 Å². The highest BCUT2D eigenvalue weighted by atomic mass is 15.1. The average molecular weight is 258 g/mol. The minimum absolute atomic E-state index is 0.904. The van der Waals surface area contributed by atoms with Gasteiger partial charge in [0, 0.05) is 59.0 Å². The van der Waals surface area contributed by atoms with Crippen molar-refractivity contribution in [1.29, 1.82) is 0 Å². The molecule has 0 unspecified atom stereocenters. The molecule has 0 radical (unpaired) electrons. The molecule has 6 nitrogen and oxygen atoms in total. The smallest absolute Gasteiger partial charge is 0.0454 e. The fraction of sp³-hybridized carbons (Fsp3) is 1.00. The molecule has 1 fully saturated rings. The van der Waals surface area contributed by atoms with Gasteiger partial charge in [0.25, 0.3) is 0 Å². The molecule has 1 saturated heterocycles. The summed E-state index contributed by atoms with van der Waals surface area (Å²) in [6, 6.07) is 0. The lowest BCUT2D eigenvalue weighted by Crippen LogP contribution is -2.39. The molecule has 0 spiro atoms. The summed E-state index contributed by atoms with van der Waals surface area (Å²) in [6.45, 7) is 11.4. The van der Waals surface area contributed by atoms with Crippen LogP contribution in [0.1, 0.15) is 6.42 Å². The maximum atomic E-state index is 3.44. The van der Waals surface area contributed by atoms with Gasteiger partial charge in [0.2, 0.25) is 0 Å². The van der Waals surface area contributed by atoms with Crippen molar-refractivity contribution in [3.63, 3.8) is 0 Å². The molecule has 0 saturated carbocycles. The molecular formula is C12H30N6. The van der Waals surface area contributed by atoms with E-state index in [-0.39, 0.29) is 0 Å². The first-order valence-corrected chi connectivity index (χ1v) is 7.24. The zero-order valence-electron chi connectivity index (χ0n) is 11.5. The zero-order valence-corrected chi connectivity index (χ0v) is 11.5. The van der Waals surface area contributed by atoms with E-state index in [9.17, 15) is 0 Å². The maximum absolute atomic E-state index is 3.44. The van der Waals surface area contributed by atoms with E-state index in [2.05, 4.69) is 31.9 Å². The Morgan fingerprint density at radius 1 is 0.333 bits per heavy atom. The van der Waals surface area contributed by atoms with Crippen molar-refractivity contribution < 1.29 is 0 Å². The van der Waals surface area contributed by atoms with Crippen LogP contribution in [0, 0.1) is 0 Å². The summed E-state index contributed by atoms with van der Waals surface area (Å²) in [5, 5.41) is 20.4. The van der Waals surface area contributed by atoms with Crippen LogP contribution in [0.5, 0.6) is 0 Å². The van der Waals surface area contributed by atoms with E-state index in [1.807, 2.05) is 0 Å². The maximum Gasteiger partial charge on any atom is 0.0454 e. The van der Waals surface area contributed by atoms with E-state index in [0.29, 0.717) is 0 Å². The first-order valence-electron chi connectivity index (χ1n) is 7.24. The van der Waals surface area contributed by atoms with Crippen LogP contribution in [-0.4, -0.2) is 72.1 Å². The van der Waals surface area contributed by atoms with E-state index >= 15 is 0 Å². The van der Waals surface area contributed by atoms with Crippen LogP contribution < -0.4 is 31.9 Å². The highest BCUT2D eigenvalue weighted by Crippen LogP contribution is 1.72. The van der Waals surface area contributed by atoms with Crippen molar-refractivity contribution in [3.05, 3.63) is 0 Å². The third kappa shape index (κ3) is 10.9. The van der Waals surface area contributed by atoms with Gasteiger partial charge in [-0.25, -0.2) is 0 Å². The van der Waals surface area contributed by atoms with Gasteiger partial charge in [0.05, 0.1) is 0 Å². The monoisotopic (exact) mass is 258 g/mol. The fourth-order valence-corrected chi connectivity index (χ4v) is 1.81. The van der Waals surface area contributed by atoms with Crippen molar-refractivity contribution in [2.24, 2.45) is 0 Å². The quantitative estimate of drug-likeness (QED) is 0.299. The Hall–Kier alpha value is -0.240. The van der Waals surface area contributed by atoms with E-state index in [1.54, 1.807) is 0 Å². The molecule has 6 N–H and O–H groups in total. The van der Waals surface area contributed by atoms with Gasteiger partial charge in [-0.15, -0.1) is 0 Å². The summed E-state index contributed by atoms with van der Waals surface area (Å²) in [5.74, 6) is 0. The summed E-state index contributed by atoms with van der Waals surface area (Å²) in [5.41, 5.74) is 0. The normalized spacial score (nSPS) is 24.0. The molecule has 1 aliphatic rings. The molecule has 0 atom stereocenters. The molecule has 0 bridgehead atoms. The SMILES string of the molecule is C1CNCCNCCNCCNCCNCNC1. The Kier molecular flexibility index (Phi) is 11.6. The average Bonchev–Trinajstić information content (AvgIpc) is 2.39. The lowest BCUT2D eigenvalue weighted by atomic mass is 10.4. The lowest BCUT2D eigenvalue weighted by molar-refractivity contribution is 0.518. The molecule has 1 heterocycles. The predicted molar refractivity (Wildman–Crippen MR) is 77.0 cm³/mol. The van der Waals surface area contributed by atoms with Gasteiger partial charge < -0.3 is 31.9 Å². The Labute approximate surface area is 111 Å².